The number of benzene rings is 2. The molecule has 0 heterocycles. The highest BCUT2D eigenvalue weighted by Crippen LogP contribution is 2.38. The van der Waals surface area contributed by atoms with Crippen molar-refractivity contribution >= 4 is 0 Å². The number of hydrogen-bond donors (Lipinski definition) is 2. The average Bonchev–Trinajstić information content (AvgIpc) is 2.65. The summed E-state index contributed by atoms with van der Waals surface area (Å²) in [5.74, 6) is 0. The third-order valence-corrected chi connectivity index (χ3v) is 4.18. The average molecular weight is 516 g/mol. The van der Waals surface area contributed by atoms with Crippen LogP contribution in [0.3, 0.4) is 0 Å². The Balaban J connectivity index is 0.000000340. The zero-order valence-electron chi connectivity index (χ0n) is 17.0. The molecule has 0 aliphatic rings. The zero-order valence-corrected chi connectivity index (χ0v) is 17.0. The van der Waals surface area contributed by atoms with Gasteiger partial charge in [0, 0.05) is 0 Å². The van der Waals surface area contributed by atoms with E-state index in [0.717, 1.165) is 13.8 Å². The lowest BCUT2D eigenvalue weighted by Crippen LogP contribution is -2.12. The standard InChI is InChI=1S/2C10H8F6O/c2*1-5(17)6-2-7(9(11,12)13)4-8(3-6)10(14,15)16/h2*2-5,17H,1H3/t2*5-/m11/s1. The van der Waals surface area contributed by atoms with Crippen LogP contribution in [0.15, 0.2) is 36.4 Å². The summed E-state index contributed by atoms with van der Waals surface area (Å²) in [5.41, 5.74) is -6.56. The van der Waals surface area contributed by atoms with E-state index in [1.165, 1.54) is 0 Å². The second-order valence-corrected chi connectivity index (χ2v) is 7.03. The van der Waals surface area contributed by atoms with Crippen LogP contribution in [-0.2, 0) is 24.7 Å². The van der Waals surface area contributed by atoms with Gasteiger partial charge in [0.15, 0.2) is 0 Å². The maximum absolute atomic E-state index is 12.4. The minimum absolute atomic E-state index is 0.0197. The normalized spacial score (nSPS) is 14.8. The van der Waals surface area contributed by atoms with E-state index in [-0.39, 0.29) is 12.1 Å². The van der Waals surface area contributed by atoms with Crippen LogP contribution < -0.4 is 0 Å². The van der Waals surface area contributed by atoms with E-state index in [1.807, 2.05) is 0 Å². The molecule has 2 N–H and O–H groups in total. The summed E-state index contributed by atoms with van der Waals surface area (Å²) in [4.78, 5) is 0. The molecule has 0 aliphatic heterocycles. The van der Waals surface area contributed by atoms with Crippen molar-refractivity contribution in [3.63, 3.8) is 0 Å². The Morgan fingerprint density at radius 2 is 0.618 bits per heavy atom. The first kappa shape index (κ1) is 29.6. The van der Waals surface area contributed by atoms with Crippen LogP contribution in [0.25, 0.3) is 0 Å². The Hall–Kier alpha value is -2.48. The van der Waals surface area contributed by atoms with Gasteiger partial charge in [-0.2, -0.15) is 52.7 Å². The van der Waals surface area contributed by atoms with E-state index in [1.54, 1.807) is 0 Å². The molecule has 0 spiro atoms. The van der Waals surface area contributed by atoms with Crippen molar-refractivity contribution in [3.8, 4) is 0 Å². The topological polar surface area (TPSA) is 40.5 Å². The Labute approximate surface area is 184 Å². The van der Waals surface area contributed by atoms with Gasteiger partial charge in [-0.1, -0.05) is 0 Å². The van der Waals surface area contributed by atoms with Crippen molar-refractivity contribution in [3.05, 3.63) is 69.8 Å². The van der Waals surface area contributed by atoms with Gasteiger partial charge in [0.25, 0.3) is 0 Å². The van der Waals surface area contributed by atoms with E-state index >= 15 is 0 Å². The summed E-state index contributed by atoms with van der Waals surface area (Å²) in [6.45, 7) is 2.19. The second kappa shape index (κ2) is 10.0. The Morgan fingerprint density at radius 1 is 0.441 bits per heavy atom. The molecule has 0 fully saturated rings. The molecule has 0 saturated heterocycles. The van der Waals surface area contributed by atoms with Crippen LogP contribution in [0, 0.1) is 0 Å². The van der Waals surface area contributed by atoms with Gasteiger partial charge in [-0.15, -0.1) is 0 Å². The summed E-state index contributed by atoms with van der Waals surface area (Å²) in [7, 11) is 0. The highest BCUT2D eigenvalue weighted by molar-refractivity contribution is 5.35. The van der Waals surface area contributed by atoms with Gasteiger partial charge < -0.3 is 10.2 Å². The Kier molecular flexibility index (Phi) is 8.71. The molecule has 0 aliphatic carbocycles. The van der Waals surface area contributed by atoms with Gasteiger partial charge in [0.05, 0.1) is 34.5 Å². The number of hydrogen-bond acceptors (Lipinski definition) is 2. The molecule has 14 heteroatoms. The summed E-state index contributed by atoms with van der Waals surface area (Å²) in [6.07, 6.45) is -22.3. The molecule has 0 bridgehead atoms. The zero-order chi connectivity index (χ0) is 26.9. The minimum Gasteiger partial charge on any atom is -0.389 e. The molecule has 2 aromatic rings. The number of aliphatic hydroxyl groups excluding tert-OH is 2. The fourth-order valence-corrected chi connectivity index (χ4v) is 2.44. The molecule has 2 rings (SSSR count). The lowest BCUT2D eigenvalue weighted by molar-refractivity contribution is -0.144. The van der Waals surface area contributed by atoms with Crippen LogP contribution in [0.1, 0.15) is 59.4 Å². The highest BCUT2D eigenvalue weighted by atomic mass is 19.4. The molecule has 0 aromatic heterocycles. The largest absolute Gasteiger partial charge is 0.416 e. The van der Waals surface area contributed by atoms with Gasteiger partial charge in [-0.3, -0.25) is 0 Å². The maximum atomic E-state index is 12.4. The highest BCUT2D eigenvalue weighted by Gasteiger charge is 2.38. The molecular weight excluding hydrogens is 500 g/mol. The monoisotopic (exact) mass is 516 g/mol. The van der Waals surface area contributed by atoms with Crippen molar-refractivity contribution < 1.29 is 62.9 Å². The quantitative estimate of drug-likeness (QED) is 0.405. The summed E-state index contributed by atoms with van der Waals surface area (Å²) in [5, 5.41) is 18.1. The third kappa shape index (κ3) is 8.38. The van der Waals surface area contributed by atoms with Crippen molar-refractivity contribution in [1.82, 2.24) is 0 Å². The first-order chi connectivity index (χ1) is 15.0. The van der Waals surface area contributed by atoms with Crippen LogP contribution in [-0.4, -0.2) is 10.2 Å². The first-order valence-corrected chi connectivity index (χ1v) is 8.98. The van der Waals surface area contributed by atoms with Crippen LogP contribution in [0.4, 0.5) is 52.7 Å². The molecule has 34 heavy (non-hydrogen) atoms. The molecule has 2 nitrogen and oxygen atoms in total. The molecule has 0 amide bonds. The van der Waals surface area contributed by atoms with E-state index in [0.29, 0.717) is 24.3 Å². The Morgan fingerprint density at radius 3 is 0.735 bits per heavy atom. The third-order valence-electron chi connectivity index (χ3n) is 4.18. The summed E-state index contributed by atoms with van der Waals surface area (Å²) >= 11 is 0. The fraction of sp³-hybridized carbons (Fsp3) is 0.400. The second-order valence-electron chi connectivity index (χ2n) is 7.03. The van der Waals surface area contributed by atoms with Crippen LogP contribution >= 0.6 is 0 Å². The van der Waals surface area contributed by atoms with Crippen molar-refractivity contribution in [2.75, 3.05) is 0 Å². The van der Waals surface area contributed by atoms with E-state index in [4.69, 9.17) is 10.2 Å². The lowest BCUT2D eigenvalue weighted by atomic mass is 10.0. The smallest absolute Gasteiger partial charge is 0.389 e. The molecule has 0 unspecified atom stereocenters. The minimum atomic E-state index is -4.88. The molecule has 2 atom stereocenters. The number of halogens is 12. The van der Waals surface area contributed by atoms with E-state index in [2.05, 4.69) is 0 Å². The van der Waals surface area contributed by atoms with Gasteiger partial charge >= 0.3 is 24.7 Å². The molecule has 2 aromatic carbocycles. The molecule has 192 valence electrons. The number of aliphatic hydroxyl groups is 2. The summed E-state index contributed by atoms with van der Waals surface area (Å²) in [6, 6.07) is 2.04. The van der Waals surface area contributed by atoms with Crippen molar-refractivity contribution in [2.24, 2.45) is 0 Å². The number of alkyl halides is 12. The van der Waals surface area contributed by atoms with Crippen molar-refractivity contribution in [1.29, 1.82) is 0 Å². The number of rotatable bonds is 2. The van der Waals surface area contributed by atoms with Gasteiger partial charge in [-0.25, -0.2) is 0 Å². The molecule has 0 radical (unpaired) electrons. The fourth-order valence-electron chi connectivity index (χ4n) is 2.44. The van der Waals surface area contributed by atoms with Crippen LogP contribution in [0.2, 0.25) is 0 Å². The van der Waals surface area contributed by atoms with Crippen molar-refractivity contribution in [2.45, 2.75) is 50.8 Å². The predicted octanol–water partition coefficient (Wildman–Crippen LogP) is 7.56. The van der Waals surface area contributed by atoms with Gasteiger partial charge in [0.1, 0.15) is 0 Å². The van der Waals surface area contributed by atoms with E-state index < -0.39 is 70.3 Å². The van der Waals surface area contributed by atoms with Gasteiger partial charge in [0.2, 0.25) is 0 Å². The van der Waals surface area contributed by atoms with Gasteiger partial charge in [-0.05, 0) is 61.4 Å². The molecular formula is C20H16F12O2. The molecule has 0 saturated carbocycles. The predicted molar refractivity (Wildman–Crippen MR) is 94.2 cm³/mol. The summed E-state index contributed by atoms with van der Waals surface area (Å²) < 4.78 is 148. The Bertz CT molecular complexity index is 823. The van der Waals surface area contributed by atoms with Crippen LogP contribution in [0.5, 0.6) is 0 Å². The lowest BCUT2D eigenvalue weighted by Gasteiger charge is -2.15. The van der Waals surface area contributed by atoms with E-state index in [9.17, 15) is 52.7 Å². The first-order valence-electron chi connectivity index (χ1n) is 8.98. The SMILES string of the molecule is C[C@@H](O)c1cc(C(F)(F)F)cc(C(F)(F)F)c1.C[C@@H](O)c1cc(C(F)(F)F)cc(C(F)(F)F)c1. The maximum Gasteiger partial charge on any atom is 0.416 e.